The van der Waals surface area contributed by atoms with Gasteiger partial charge in [0, 0.05) is 5.56 Å². The lowest BCUT2D eigenvalue weighted by Crippen LogP contribution is -2.38. The Morgan fingerprint density at radius 1 is 1.29 bits per heavy atom. The summed E-state index contributed by atoms with van der Waals surface area (Å²) in [5.41, 5.74) is 7.11. The predicted octanol–water partition coefficient (Wildman–Crippen LogP) is 0.907. The first-order chi connectivity index (χ1) is 7.88. The molecule has 1 aromatic rings. The van der Waals surface area contributed by atoms with Crippen molar-refractivity contribution in [1.82, 2.24) is 0 Å². The molecule has 5 nitrogen and oxygen atoms in total. The van der Waals surface area contributed by atoms with Crippen molar-refractivity contribution in [3.05, 3.63) is 28.8 Å². The van der Waals surface area contributed by atoms with E-state index in [4.69, 9.17) is 15.6 Å². The van der Waals surface area contributed by atoms with Crippen LogP contribution in [0.2, 0.25) is 0 Å². The molecular weight excluding hydrogens is 222 g/mol. The van der Waals surface area contributed by atoms with Gasteiger partial charge in [-0.1, -0.05) is 0 Å². The SMILES string of the molecule is COc1c(C)cc(C(=O)C(N)C(=O)O)cc1C. The van der Waals surface area contributed by atoms with Gasteiger partial charge in [-0.25, -0.2) is 0 Å². The number of benzene rings is 1. The molecule has 3 N–H and O–H groups in total. The fraction of sp³-hybridized carbons (Fsp3) is 0.333. The molecule has 1 unspecified atom stereocenters. The highest BCUT2D eigenvalue weighted by molar-refractivity contribution is 6.11. The van der Waals surface area contributed by atoms with E-state index in [0.717, 1.165) is 11.1 Å². The molecule has 1 rings (SSSR count). The van der Waals surface area contributed by atoms with Crippen molar-refractivity contribution in [1.29, 1.82) is 0 Å². The number of carboxylic acids is 1. The zero-order valence-electron chi connectivity index (χ0n) is 9.98. The van der Waals surface area contributed by atoms with E-state index >= 15 is 0 Å². The fourth-order valence-electron chi connectivity index (χ4n) is 1.71. The summed E-state index contributed by atoms with van der Waals surface area (Å²) in [4.78, 5) is 22.4. The van der Waals surface area contributed by atoms with Crippen LogP contribution in [-0.2, 0) is 4.79 Å². The summed E-state index contributed by atoms with van der Waals surface area (Å²) in [6, 6.07) is 1.63. The minimum absolute atomic E-state index is 0.288. The molecule has 17 heavy (non-hydrogen) atoms. The first-order valence-corrected chi connectivity index (χ1v) is 5.06. The number of carboxylic acid groups (broad SMARTS) is 1. The Morgan fingerprint density at radius 2 is 1.76 bits per heavy atom. The quantitative estimate of drug-likeness (QED) is 0.600. The number of aryl methyl sites for hydroxylation is 2. The van der Waals surface area contributed by atoms with Gasteiger partial charge in [-0.2, -0.15) is 0 Å². The van der Waals surface area contributed by atoms with Crippen LogP contribution < -0.4 is 10.5 Å². The van der Waals surface area contributed by atoms with Crippen molar-refractivity contribution in [3.63, 3.8) is 0 Å². The summed E-state index contributed by atoms with van der Waals surface area (Å²) >= 11 is 0. The third-order valence-electron chi connectivity index (χ3n) is 2.50. The van der Waals surface area contributed by atoms with E-state index in [1.807, 2.05) is 0 Å². The number of ketones is 1. The number of methoxy groups -OCH3 is 1. The second-order valence-electron chi connectivity index (χ2n) is 3.82. The van der Waals surface area contributed by atoms with E-state index in [1.165, 1.54) is 0 Å². The molecule has 5 heteroatoms. The summed E-state index contributed by atoms with van der Waals surface area (Å²) in [5, 5.41) is 8.68. The molecule has 0 amide bonds. The molecule has 0 saturated heterocycles. The maximum Gasteiger partial charge on any atom is 0.328 e. The highest BCUT2D eigenvalue weighted by Crippen LogP contribution is 2.24. The molecular formula is C12H15NO4. The van der Waals surface area contributed by atoms with Crippen molar-refractivity contribution in [2.45, 2.75) is 19.9 Å². The van der Waals surface area contributed by atoms with E-state index in [9.17, 15) is 9.59 Å². The van der Waals surface area contributed by atoms with Crippen LogP contribution in [0.4, 0.5) is 0 Å². The Morgan fingerprint density at radius 3 is 2.12 bits per heavy atom. The molecule has 0 bridgehead atoms. The Kier molecular flexibility index (Phi) is 3.85. The molecule has 0 aliphatic heterocycles. The van der Waals surface area contributed by atoms with Crippen molar-refractivity contribution >= 4 is 11.8 Å². The van der Waals surface area contributed by atoms with Gasteiger partial charge >= 0.3 is 5.97 Å². The molecule has 1 atom stereocenters. The van der Waals surface area contributed by atoms with Crippen LogP contribution in [0.5, 0.6) is 5.75 Å². The number of Topliss-reactive ketones (excluding diaryl/α,β-unsaturated/α-hetero) is 1. The Balaban J connectivity index is 3.17. The largest absolute Gasteiger partial charge is 0.496 e. The van der Waals surface area contributed by atoms with Crippen LogP contribution in [0.15, 0.2) is 12.1 Å². The Labute approximate surface area is 99.2 Å². The predicted molar refractivity (Wildman–Crippen MR) is 62.4 cm³/mol. The van der Waals surface area contributed by atoms with Crippen LogP contribution in [-0.4, -0.2) is 30.0 Å². The number of rotatable bonds is 4. The van der Waals surface area contributed by atoms with Gasteiger partial charge in [-0.3, -0.25) is 9.59 Å². The average molecular weight is 237 g/mol. The monoisotopic (exact) mass is 237 g/mol. The lowest BCUT2D eigenvalue weighted by molar-refractivity contribution is -0.137. The first kappa shape index (κ1) is 13.2. The molecule has 0 aromatic heterocycles. The summed E-state index contributed by atoms with van der Waals surface area (Å²) in [6.07, 6.45) is 0. The molecule has 0 aliphatic rings. The summed E-state index contributed by atoms with van der Waals surface area (Å²) in [5.74, 6) is -1.25. The van der Waals surface area contributed by atoms with Gasteiger partial charge in [0.25, 0.3) is 0 Å². The molecule has 0 spiro atoms. The topological polar surface area (TPSA) is 89.6 Å². The molecule has 0 aliphatic carbocycles. The normalized spacial score (nSPS) is 12.0. The second-order valence-corrected chi connectivity index (χ2v) is 3.82. The molecule has 92 valence electrons. The zero-order valence-corrected chi connectivity index (χ0v) is 9.98. The third kappa shape index (κ3) is 2.62. The average Bonchev–Trinajstić information content (AvgIpc) is 2.26. The lowest BCUT2D eigenvalue weighted by atomic mass is 9.99. The van der Waals surface area contributed by atoms with E-state index in [2.05, 4.69) is 0 Å². The number of hydrogen-bond donors (Lipinski definition) is 2. The van der Waals surface area contributed by atoms with Crippen LogP contribution >= 0.6 is 0 Å². The van der Waals surface area contributed by atoms with Crippen molar-refractivity contribution in [3.8, 4) is 5.75 Å². The molecule has 0 fully saturated rings. The van der Waals surface area contributed by atoms with Gasteiger partial charge < -0.3 is 15.6 Å². The van der Waals surface area contributed by atoms with Crippen molar-refractivity contribution in [2.75, 3.05) is 7.11 Å². The molecule has 0 heterocycles. The van der Waals surface area contributed by atoms with Crippen molar-refractivity contribution < 1.29 is 19.4 Å². The number of aliphatic carboxylic acids is 1. The zero-order chi connectivity index (χ0) is 13.2. The second kappa shape index (κ2) is 4.97. The number of ether oxygens (including phenoxy) is 1. The summed E-state index contributed by atoms with van der Waals surface area (Å²) in [6.45, 7) is 3.57. The van der Waals surface area contributed by atoms with Crippen LogP contribution in [0.1, 0.15) is 21.5 Å². The van der Waals surface area contributed by atoms with Crippen LogP contribution in [0.25, 0.3) is 0 Å². The van der Waals surface area contributed by atoms with E-state index in [0.29, 0.717) is 5.75 Å². The van der Waals surface area contributed by atoms with Crippen LogP contribution in [0, 0.1) is 13.8 Å². The minimum Gasteiger partial charge on any atom is -0.496 e. The van der Waals surface area contributed by atoms with Gasteiger partial charge in [-0.15, -0.1) is 0 Å². The van der Waals surface area contributed by atoms with E-state index < -0.39 is 17.8 Å². The third-order valence-corrected chi connectivity index (χ3v) is 2.50. The Bertz CT molecular complexity index is 445. The van der Waals surface area contributed by atoms with Crippen molar-refractivity contribution in [2.24, 2.45) is 5.73 Å². The lowest BCUT2D eigenvalue weighted by Gasteiger charge is -2.12. The number of carbonyl (C=O) groups is 2. The van der Waals surface area contributed by atoms with Gasteiger partial charge in [0.15, 0.2) is 11.8 Å². The van der Waals surface area contributed by atoms with Gasteiger partial charge in [-0.05, 0) is 37.1 Å². The summed E-state index contributed by atoms with van der Waals surface area (Å²) in [7, 11) is 1.54. The van der Waals surface area contributed by atoms with Gasteiger partial charge in [0.2, 0.25) is 0 Å². The highest BCUT2D eigenvalue weighted by Gasteiger charge is 2.23. The molecule has 0 saturated carbocycles. The summed E-state index contributed by atoms with van der Waals surface area (Å²) < 4.78 is 5.16. The van der Waals surface area contributed by atoms with Gasteiger partial charge in [0.1, 0.15) is 5.75 Å². The van der Waals surface area contributed by atoms with Crippen LogP contribution in [0.3, 0.4) is 0 Å². The maximum atomic E-state index is 11.7. The molecule has 1 aromatic carbocycles. The minimum atomic E-state index is -1.53. The van der Waals surface area contributed by atoms with E-state index in [-0.39, 0.29) is 5.56 Å². The molecule has 0 radical (unpaired) electrons. The van der Waals surface area contributed by atoms with E-state index in [1.54, 1.807) is 33.1 Å². The number of carbonyl (C=O) groups excluding carboxylic acids is 1. The number of hydrogen-bond acceptors (Lipinski definition) is 4. The Hall–Kier alpha value is -1.88. The first-order valence-electron chi connectivity index (χ1n) is 5.06. The fourth-order valence-corrected chi connectivity index (χ4v) is 1.71. The van der Waals surface area contributed by atoms with Gasteiger partial charge in [0.05, 0.1) is 7.11 Å². The highest BCUT2D eigenvalue weighted by atomic mass is 16.5. The maximum absolute atomic E-state index is 11.7. The smallest absolute Gasteiger partial charge is 0.328 e. The standard InChI is InChI=1S/C12H15NO4/c1-6-4-8(5-7(2)11(6)17-3)10(14)9(13)12(15)16/h4-5,9H,13H2,1-3H3,(H,15,16). The number of nitrogens with two attached hydrogens (primary N) is 1.